The molecule has 1 aromatic heterocycles. The van der Waals surface area contributed by atoms with Crippen LogP contribution >= 0.6 is 0 Å². The summed E-state index contributed by atoms with van der Waals surface area (Å²) < 4.78 is 26.0. The summed E-state index contributed by atoms with van der Waals surface area (Å²) in [6.45, 7) is 1.34. The molecule has 1 saturated heterocycles. The van der Waals surface area contributed by atoms with E-state index in [1.807, 2.05) is 0 Å². The van der Waals surface area contributed by atoms with Gasteiger partial charge >= 0.3 is 0 Å². The van der Waals surface area contributed by atoms with Crippen molar-refractivity contribution in [3.63, 3.8) is 0 Å². The van der Waals surface area contributed by atoms with E-state index in [0.717, 1.165) is 19.4 Å². The van der Waals surface area contributed by atoms with Crippen molar-refractivity contribution < 1.29 is 8.42 Å². The maximum Gasteiger partial charge on any atom is 0.276 e. The van der Waals surface area contributed by atoms with Crippen LogP contribution in [0.3, 0.4) is 0 Å². The molecule has 7 heteroatoms. The Morgan fingerprint density at radius 2 is 2.19 bits per heavy atom. The summed E-state index contributed by atoms with van der Waals surface area (Å²) in [7, 11) is -3.56. The van der Waals surface area contributed by atoms with E-state index in [1.54, 1.807) is 6.07 Å². The fourth-order valence-corrected chi connectivity index (χ4v) is 2.58. The number of rotatable bonds is 4. The van der Waals surface area contributed by atoms with Crippen LogP contribution in [-0.2, 0) is 10.0 Å². The monoisotopic (exact) mass is 242 g/mol. The molecule has 16 heavy (non-hydrogen) atoms. The molecule has 1 aliphatic rings. The molecule has 88 valence electrons. The molecular formula is C9H14N4O2S. The molecule has 0 radical (unpaired) electrons. The Labute approximate surface area is 94.6 Å². The van der Waals surface area contributed by atoms with Gasteiger partial charge in [-0.15, -0.1) is 0 Å². The Kier molecular flexibility index (Phi) is 3.47. The zero-order valence-corrected chi connectivity index (χ0v) is 9.57. The molecule has 2 N–H and O–H groups in total. The minimum Gasteiger partial charge on any atom is -0.313 e. The summed E-state index contributed by atoms with van der Waals surface area (Å²) >= 11 is 0. The second-order valence-corrected chi connectivity index (χ2v) is 5.34. The number of nitrogens with zero attached hydrogens (tertiary/aromatic N) is 2. The second-order valence-electron chi connectivity index (χ2n) is 3.68. The quantitative estimate of drug-likeness (QED) is 0.696. The Balaban J connectivity index is 1.98. The van der Waals surface area contributed by atoms with Crippen LogP contribution in [-0.4, -0.2) is 37.5 Å². The van der Waals surface area contributed by atoms with Crippen molar-refractivity contribution in [2.75, 3.05) is 13.1 Å². The van der Waals surface area contributed by atoms with Gasteiger partial charge in [-0.3, -0.25) is 0 Å². The maximum absolute atomic E-state index is 11.7. The molecule has 2 rings (SSSR count). The van der Waals surface area contributed by atoms with Crippen molar-refractivity contribution in [3.8, 4) is 0 Å². The third-order valence-corrected chi connectivity index (χ3v) is 3.70. The third kappa shape index (κ3) is 2.75. The minimum atomic E-state index is -3.56. The van der Waals surface area contributed by atoms with Crippen LogP contribution in [0.1, 0.15) is 12.8 Å². The van der Waals surface area contributed by atoms with Gasteiger partial charge in [0, 0.05) is 25.0 Å². The lowest BCUT2D eigenvalue weighted by Gasteiger charge is -2.10. The molecule has 0 bridgehead atoms. The van der Waals surface area contributed by atoms with Gasteiger partial charge in [-0.2, -0.15) is 0 Å². The zero-order chi connectivity index (χ0) is 11.4. The smallest absolute Gasteiger partial charge is 0.276 e. The molecule has 2 heterocycles. The van der Waals surface area contributed by atoms with Crippen LogP contribution < -0.4 is 10.0 Å². The topological polar surface area (TPSA) is 84.0 Å². The van der Waals surface area contributed by atoms with E-state index in [2.05, 4.69) is 20.0 Å². The summed E-state index contributed by atoms with van der Waals surface area (Å²) in [6.07, 6.45) is 4.91. The molecule has 1 fully saturated rings. The first-order valence-electron chi connectivity index (χ1n) is 5.18. The molecule has 0 amide bonds. The largest absolute Gasteiger partial charge is 0.313 e. The Hall–Kier alpha value is -1.05. The number of hydrogen-bond donors (Lipinski definition) is 2. The Morgan fingerprint density at radius 3 is 2.81 bits per heavy atom. The van der Waals surface area contributed by atoms with Gasteiger partial charge in [-0.05, 0) is 25.5 Å². The average molecular weight is 242 g/mol. The van der Waals surface area contributed by atoms with Gasteiger partial charge in [0.15, 0.2) is 0 Å². The van der Waals surface area contributed by atoms with Crippen molar-refractivity contribution in [2.45, 2.75) is 24.0 Å². The van der Waals surface area contributed by atoms with Crippen molar-refractivity contribution in [3.05, 3.63) is 18.5 Å². The SMILES string of the molecule is O=S(=O)(NC[C@H]1CCCN1)c1ncccn1. The predicted octanol–water partition coefficient (Wildman–Crippen LogP) is -0.493. The standard InChI is InChI=1S/C9H14N4O2S/c14-16(15,9-11-5-2-6-12-9)13-7-8-3-1-4-10-8/h2,5-6,8,10,13H,1,3-4,7H2/t8-/m1/s1. The molecule has 6 nitrogen and oxygen atoms in total. The highest BCUT2D eigenvalue weighted by Crippen LogP contribution is 2.05. The minimum absolute atomic E-state index is 0.173. The zero-order valence-electron chi connectivity index (χ0n) is 8.76. The molecule has 1 aliphatic heterocycles. The van der Waals surface area contributed by atoms with E-state index < -0.39 is 10.0 Å². The molecule has 1 atom stereocenters. The summed E-state index contributed by atoms with van der Waals surface area (Å²) in [6, 6.07) is 1.80. The highest BCUT2D eigenvalue weighted by atomic mass is 32.2. The molecule has 0 aromatic carbocycles. The van der Waals surface area contributed by atoms with Gasteiger partial charge in [0.25, 0.3) is 15.2 Å². The van der Waals surface area contributed by atoms with Gasteiger partial charge < -0.3 is 5.32 Å². The van der Waals surface area contributed by atoms with E-state index in [4.69, 9.17) is 0 Å². The van der Waals surface area contributed by atoms with E-state index >= 15 is 0 Å². The maximum atomic E-state index is 11.7. The van der Waals surface area contributed by atoms with Crippen molar-refractivity contribution in [1.29, 1.82) is 0 Å². The fourth-order valence-electron chi connectivity index (χ4n) is 1.63. The molecule has 0 saturated carbocycles. The van der Waals surface area contributed by atoms with Crippen LogP contribution in [0.4, 0.5) is 0 Å². The Morgan fingerprint density at radius 1 is 1.44 bits per heavy atom. The predicted molar refractivity (Wildman–Crippen MR) is 58.2 cm³/mol. The van der Waals surface area contributed by atoms with Crippen molar-refractivity contribution in [1.82, 2.24) is 20.0 Å². The van der Waals surface area contributed by atoms with E-state index in [-0.39, 0.29) is 11.2 Å². The van der Waals surface area contributed by atoms with Crippen LogP contribution in [0.25, 0.3) is 0 Å². The fraction of sp³-hybridized carbons (Fsp3) is 0.556. The normalized spacial score (nSPS) is 21.1. The summed E-state index contributed by atoms with van der Waals surface area (Å²) in [5.41, 5.74) is 0. The van der Waals surface area contributed by atoms with E-state index in [9.17, 15) is 8.42 Å². The average Bonchev–Trinajstić information content (AvgIpc) is 2.81. The number of nitrogens with one attached hydrogen (secondary N) is 2. The molecule has 0 spiro atoms. The van der Waals surface area contributed by atoms with Gasteiger partial charge in [0.1, 0.15) is 0 Å². The lowest BCUT2D eigenvalue weighted by Crippen LogP contribution is -2.37. The van der Waals surface area contributed by atoms with Crippen LogP contribution in [0.15, 0.2) is 23.6 Å². The highest BCUT2D eigenvalue weighted by Gasteiger charge is 2.20. The number of aromatic nitrogens is 2. The summed E-state index contributed by atoms with van der Waals surface area (Å²) in [5, 5.41) is 3.04. The van der Waals surface area contributed by atoms with Crippen LogP contribution in [0.2, 0.25) is 0 Å². The first-order valence-corrected chi connectivity index (χ1v) is 6.67. The first kappa shape index (κ1) is 11.4. The molecular weight excluding hydrogens is 228 g/mol. The number of hydrogen-bond acceptors (Lipinski definition) is 5. The van der Waals surface area contributed by atoms with Crippen LogP contribution in [0, 0.1) is 0 Å². The lowest BCUT2D eigenvalue weighted by molar-refractivity contribution is 0.545. The van der Waals surface area contributed by atoms with E-state index in [0.29, 0.717) is 6.54 Å². The van der Waals surface area contributed by atoms with Gasteiger partial charge in [0.05, 0.1) is 0 Å². The van der Waals surface area contributed by atoms with Gasteiger partial charge in [-0.25, -0.2) is 23.1 Å². The van der Waals surface area contributed by atoms with Gasteiger partial charge in [0.2, 0.25) is 0 Å². The summed E-state index contributed by atoms with van der Waals surface area (Å²) in [5.74, 6) is 0. The van der Waals surface area contributed by atoms with E-state index in [1.165, 1.54) is 12.4 Å². The van der Waals surface area contributed by atoms with Crippen molar-refractivity contribution >= 4 is 10.0 Å². The number of sulfonamides is 1. The first-order chi connectivity index (χ1) is 7.68. The lowest BCUT2D eigenvalue weighted by atomic mass is 10.2. The van der Waals surface area contributed by atoms with Crippen LogP contribution in [0.5, 0.6) is 0 Å². The Bertz CT molecular complexity index is 428. The molecule has 0 aliphatic carbocycles. The molecule has 1 aromatic rings. The third-order valence-electron chi connectivity index (χ3n) is 2.46. The van der Waals surface area contributed by atoms with Gasteiger partial charge in [-0.1, -0.05) is 0 Å². The second kappa shape index (κ2) is 4.86. The summed E-state index contributed by atoms with van der Waals surface area (Å²) in [4.78, 5) is 7.43. The van der Waals surface area contributed by atoms with Crippen molar-refractivity contribution in [2.24, 2.45) is 0 Å². The molecule has 0 unspecified atom stereocenters. The highest BCUT2D eigenvalue weighted by molar-refractivity contribution is 7.89.